The minimum atomic E-state index is -0.738. The van der Waals surface area contributed by atoms with Gasteiger partial charge in [-0.25, -0.2) is 0 Å². The molecule has 0 bridgehead atoms. The first-order valence-corrected chi connectivity index (χ1v) is 9.47. The molecule has 0 spiro atoms. The van der Waals surface area contributed by atoms with E-state index in [1.165, 1.54) is 12.8 Å². The quantitative estimate of drug-likeness (QED) is 0.861. The molecule has 5 nitrogen and oxygen atoms in total. The molecule has 2 amide bonds. The predicted molar refractivity (Wildman–Crippen MR) is 98.3 cm³/mol. The first-order valence-electron chi connectivity index (χ1n) is 9.47. The molecule has 5 heteroatoms. The van der Waals surface area contributed by atoms with Crippen LogP contribution in [0.5, 0.6) is 0 Å². The summed E-state index contributed by atoms with van der Waals surface area (Å²) in [5.41, 5.74) is -0.0886. The molecule has 2 fully saturated rings. The third-order valence-electron chi connectivity index (χ3n) is 5.63. The molecule has 3 rings (SSSR count). The lowest BCUT2D eigenvalue weighted by atomic mass is 9.94. The fourth-order valence-electron chi connectivity index (χ4n) is 4.01. The van der Waals surface area contributed by atoms with E-state index in [1.54, 1.807) is 4.90 Å². The van der Waals surface area contributed by atoms with Crippen molar-refractivity contribution in [3.63, 3.8) is 0 Å². The first-order chi connectivity index (χ1) is 12.1. The van der Waals surface area contributed by atoms with Crippen molar-refractivity contribution < 1.29 is 9.59 Å². The van der Waals surface area contributed by atoms with Crippen LogP contribution in [0.4, 0.5) is 0 Å². The van der Waals surface area contributed by atoms with Crippen LogP contribution in [0.1, 0.15) is 49.4 Å². The van der Waals surface area contributed by atoms with Crippen LogP contribution < -0.4 is 10.6 Å². The van der Waals surface area contributed by atoms with Gasteiger partial charge in [-0.15, -0.1) is 0 Å². The van der Waals surface area contributed by atoms with Crippen LogP contribution in [0.3, 0.4) is 0 Å². The minimum Gasteiger partial charge on any atom is -0.354 e. The highest BCUT2D eigenvalue weighted by molar-refractivity contribution is 5.99. The van der Waals surface area contributed by atoms with Gasteiger partial charge >= 0.3 is 0 Å². The molecule has 2 saturated heterocycles. The summed E-state index contributed by atoms with van der Waals surface area (Å²) < 4.78 is 0. The van der Waals surface area contributed by atoms with Crippen molar-refractivity contribution in [2.24, 2.45) is 5.92 Å². The lowest BCUT2D eigenvalue weighted by Crippen LogP contribution is -2.55. The van der Waals surface area contributed by atoms with E-state index in [0.717, 1.165) is 32.4 Å². The highest BCUT2D eigenvalue weighted by atomic mass is 16.2. The Hall–Kier alpha value is -1.88. The van der Waals surface area contributed by atoms with E-state index in [2.05, 4.69) is 10.6 Å². The van der Waals surface area contributed by atoms with Gasteiger partial charge in [0.05, 0.1) is 0 Å². The molecule has 2 unspecified atom stereocenters. The van der Waals surface area contributed by atoms with Crippen molar-refractivity contribution in [2.75, 3.05) is 26.2 Å². The summed E-state index contributed by atoms with van der Waals surface area (Å²) in [6.45, 7) is 5.39. The lowest BCUT2D eigenvalue weighted by Gasteiger charge is -2.34. The largest absolute Gasteiger partial charge is 0.354 e. The molecule has 1 aromatic carbocycles. The summed E-state index contributed by atoms with van der Waals surface area (Å²) in [5.74, 6) is 0.581. The van der Waals surface area contributed by atoms with Gasteiger partial charge < -0.3 is 15.5 Å². The van der Waals surface area contributed by atoms with Gasteiger partial charge in [0.15, 0.2) is 0 Å². The number of hydrogen-bond donors (Lipinski definition) is 2. The zero-order chi connectivity index (χ0) is 17.7. The molecule has 0 aliphatic carbocycles. The Labute approximate surface area is 150 Å². The molecule has 136 valence electrons. The fourth-order valence-corrected chi connectivity index (χ4v) is 4.01. The molecule has 0 saturated carbocycles. The van der Waals surface area contributed by atoms with E-state index in [0.29, 0.717) is 24.6 Å². The van der Waals surface area contributed by atoms with Gasteiger partial charge in [-0.1, -0.05) is 18.2 Å². The monoisotopic (exact) mass is 343 g/mol. The van der Waals surface area contributed by atoms with Gasteiger partial charge in [0, 0.05) is 18.7 Å². The zero-order valence-electron chi connectivity index (χ0n) is 15.1. The molecule has 0 radical (unpaired) electrons. The van der Waals surface area contributed by atoms with Gasteiger partial charge in [-0.05, 0) is 70.2 Å². The number of benzene rings is 1. The van der Waals surface area contributed by atoms with E-state index in [4.69, 9.17) is 0 Å². The number of piperidine rings is 1. The van der Waals surface area contributed by atoms with E-state index in [1.807, 2.05) is 37.3 Å². The van der Waals surface area contributed by atoms with Crippen molar-refractivity contribution in [3.8, 4) is 0 Å². The van der Waals surface area contributed by atoms with Gasteiger partial charge in [0.1, 0.15) is 5.54 Å². The standard InChI is InChI=1S/C20H29N3O2/c1-20(19(25)22-13-10-16-7-5-12-21-15-16)11-6-14-23(20)18(24)17-8-3-2-4-9-17/h2-4,8-9,16,21H,5-7,10-15H2,1H3,(H,22,25). The highest BCUT2D eigenvalue weighted by Gasteiger charge is 2.45. The second-order valence-electron chi connectivity index (χ2n) is 7.46. The molecule has 2 aliphatic heterocycles. The Morgan fingerprint density at radius 2 is 2.08 bits per heavy atom. The Balaban J connectivity index is 1.58. The smallest absolute Gasteiger partial charge is 0.254 e. The summed E-state index contributed by atoms with van der Waals surface area (Å²) in [6, 6.07) is 9.24. The number of rotatable bonds is 5. The van der Waals surface area contributed by atoms with Gasteiger partial charge in [0.2, 0.25) is 5.91 Å². The third-order valence-corrected chi connectivity index (χ3v) is 5.63. The molecule has 2 aliphatic rings. The second kappa shape index (κ2) is 8.00. The summed E-state index contributed by atoms with van der Waals surface area (Å²) in [4.78, 5) is 27.4. The zero-order valence-corrected chi connectivity index (χ0v) is 15.1. The number of amides is 2. The number of likely N-dealkylation sites (tertiary alicyclic amines) is 1. The maximum Gasteiger partial charge on any atom is 0.254 e. The molecule has 2 N–H and O–H groups in total. The first kappa shape index (κ1) is 17.9. The molecular weight excluding hydrogens is 314 g/mol. The average molecular weight is 343 g/mol. The Bertz CT molecular complexity index is 598. The third kappa shape index (κ3) is 4.03. The molecule has 2 heterocycles. The van der Waals surface area contributed by atoms with E-state index >= 15 is 0 Å². The Morgan fingerprint density at radius 1 is 1.28 bits per heavy atom. The molecule has 2 atom stereocenters. The van der Waals surface area contributed by atoms with Gasteiger partial charge in [0.25, 0.3) is 5.91 Å². The predicted octanol–water partition coefficient (Wildman–Crippen LogP) is 2.19. The van der Waals surface area contributed by atoms with E-state index in [9.17, 15) is 9.59 Å². The Kier molecular flexibility index (Phi) is 5.74. The van der Waals surface area contributed by atoms with Gasteiger partial charge in [-0.3, -0.25) is 9.59 Å². The lowest BCUT2D eigenvalue weighted by molar-refractivity contribution is -0.129. The van der Waals surface area contributed by atoms with Crippen LogP contribution in [0.2, 0.25) is 0 Å². The minimum absolute atomic E-state index is 0.0157. The normalized spacial score (nSPS) is 26.4. The maximum atomic E-state index is 12.8. The average Bonchev–Trinajstić information content (AvgIpc) is 3.05. The number of hydrogen-bond acceptors (Lipinski definition) is 3. The van der Waals surface area contributed by atoms with Crippen LogP contribution in [-0.2, 0) is 4.79 Å². The number of carbonyl (C=O) groups is 2. The SMILES string of the molecule is CC1(C(=O)NCCC2CCCNC2)CCCN1C(=O)c1ccccc1. The van der Waals surface area contributed by atoms with Crippen molar-refractivity contribution in [1.29, 1.82) is 0 Å². The number of nitrogens with one attached hydrogen (secondary N) is 2. The number of carbonyl (C=O) groups excluding carboxylic acids is 2. The maximum absolute atomic E-state index is 12.8. The van der Waals surface area contributed by atoms with E-state index < -0.39 is 5.54 Å². The molecular formula is C20H29N3O2. The molecule has 0 aromatic heterocycles. The van der Waals surface area contributed by atoms with Crippen LogP contribution in [0.15, 0.2) is 30.3 Å². The van der Waals surface area contributed by atoms with Crippen LogP contribution >= 0.6 is 0 Å². The Morgan fingerprint density at radius 3 is 2.80 bits per heavy atom. The van der Waals surface area contributed by atoms with Crippen LogP contribution in [0.25, 0.3) is 0 Å². The van der Waals surface area contributed by atoms with Crippen LogP contribution in [0, 0.1) is 5.92 Å². The summed E-state index contributed by atoms with van der Waals surface area (Å²) in [6.07, 6.45) is 5.05. The van der Waals surface area contributed by atoms with Crippen molar-refractivity contribution in [3.05, 3.63) is 35.9 Å². The number of nitrogens with zero attached hydrogens (tertiary/aromatic N) is 1. The van der Waals surface area contributed by atoms with Gasteiger partial charge in [-0.2, -0.15) is 0 Å². The highest BCUT2D eigenvalue weighted by Crippen LogP contribution is 2.31. The topological polar surface area (TPSA) is 61.4 Å². The van der Waals surface area contributed by atoms with Crippen LogP contribution in [-0.4, -0.2) is 48.4 Å². The second-order valence-corrected chi connectivity index (χ2v) is 7.46. The molecule has 25 heavy (non-hydrogen) atoms. The molecule has 1 aromatic rings. The van der Waals surface area contributed by atoms with Crippen molar-refractivity contribution >= 4 is 11.8 Å². The van der Waals surface area contributed by atoms with Crippen molar-refractivity contribution in [1.82, 2.24) is 15.5 Å². The van der Waals surface area contributed by atoms with Crippen molar-refractivity contribution in [2.45, 2.75) is 44.6 Å². The summed E-state index contributed by atoms with van der Waals surface area (Å²) in [7, 11) is 0. The summed E-state index contributed by atoms with van der Waals surface area (Å²) in [5, 5.41) is 6.50. The summed E-state index contributed by atoms with van der Waals surface area (Å²) >= 11 is 0. The fraction of sp³-hybridized carbons (Fsp3) is 0.600. The van der Waals surface area contributed by atoms with E-state index in [-0.39, 0.29) is 11.8 Å².